The van der Waals surface area contributed by atoms with Crippen LogP contribution in [0, 0.1) is 17.0 Å². The lowest BCUT2D eigenvalue weighted by Gasteiger charge is -2.01. The van der Waals surface area contributed by atoms with Gasteiger partial charge in [-0.3, -0.25) is 15.2 Å². The Bertz CT molecular complexity index is 568. The first-order valence-electron chi connectivity index (χ1n) is 4.67. The van der Waals surface area contributed by atoms with Gasteiger partial charge in [-0.15, -0.1) is 5.10 Å². The molecule has 0 aliphatic heterocycles. The Kier molecular flexibility index (Phi) is 2.96. The van der Waals surface area contributed by atoms with Crippen LogP contribution in [0.1, 0.15) is 5.82 Å². The van der Waals surface area contributed by atoms with Crippen molar-refractivity contribution in [2.75, 3.05) is 5.73 Å². The molecule has 7 nitrogen and oxygen atoms in total. The van der Waals surface area contributed by atoms with Crippen molar-refractivity contribution in [1.29, 1.82) is 0 Å². The van der Waals surface area contributed by atoms with Gasteiger partial charge in [0.1, 0.15) is 11.5 Å². The molecule has 1 aromatic heterocycles. The topological polar surface area (TPSA) is 111 Å². The van der Waals surface area contributed by atoms with Gasteiger partial charge in [0.15, 0.2) is 0 Å². The highest BCUT2D eigenvalue weighted by Gasteiger charge is 2.19. The molecule has 0 aliphatic carbocycles. The highest BCUT2D eigenvalue weighted by molar-refractivity contribution is 7.99. The fourth-order valence-electron chi connectivity index (χ4n) is 1.28. The van der Waals surface area contributed by atoms with E-state index in [2.05, 4.69) is 15.2 Å². The monoisotopic (exact) mass is 251 g/mol. The molecule has 0 unspecified atom stereocenters. The van der Waals surface area contributed by atoms with E-state index in [-0.39, 0.29) is 11.4 Å². The Morgan fingerprint density at radius 2 is 2.29 bits per heavy atom. The van der Waals surface area contributed by atoms with Gasteiger partial charge < -0.3 is 5.73 Å². The molecule has 17 heavy (non-hydrogen) atoms. The van der Waals surface area contributed by atoms with E-state index in [1.54, 1.807) is 19.1 Å². The Morgan fingerprint density at radius 3 is 2.88 bits per heavy atom. The fourth-order valence-corrected chi connectivity index (χ4v) is 2.19. The number of aryl methyl sites for hydroxylation is 1. The number of hydrogen-bond acceptors (Lipinski definition) is 6. The predicted molar refractivity (Wildman–Crippen MR) is 62.8 cm³/mol. The lowest BCUT2D eigenvalue weighted by atomic mass is 10.3. The smallest absolute Gasteiger partial charge is 0.306 e. The summed E-state index contributed by atoms with van der Waals surface area (Å²) in [5, 5.41) is 17.9. The maximum atomic E-state index is 10.9. The zero-order chi connectivity index (χ0) is 12.4. The van der Waals surface area contributed by atoms with E-state index in [9.17, 15) is 10.1 Å². The number of benzene rings is 1. The van der Waals surface area contributed by atoms with Crippen LogP contribution in [0.5, 0.6) is 0 Å². The molecule has 1 heterocycles. The molecule has 0 atom stereocenters. The van der Waals surface area contributed by atoms with E-state index in [0.717, 1.165) is 11.8 Å². The third-order valence-corrected chi connectivity index (χ3v) is 2.91. The SMILES string of the molecule is Cc1nc(Sc2cccc(N)c2[N+](=O)[O-])n[nH]1. The number of nitro groups is 1. The lowest BCUT2D eigenvalue weighted by Crippen LogP contribution is -1.97. The molecular weight excluding hydrogens is 242 g/mol. The molecule has 88 valence electrons. The summed E-state index contributed by atoms with van der Waals surface area (Å²) in [4.78, 5) is 14.9. The Labute approximate surface area is 101 Å². The summed E-state index contributed by atoms with van der Waals surface area (Å²) in [5.41, 5.74) is 5.60. The highest BCUT2D eigenvalue weighted by Crippen LogP contribution is 2.36. The van der Waals surface area contributed by atoms with Crippen LogP contribution >= 0.6 is 11.8 Å². The maximum Gasteiger partial charge on any atom is 0.306 e. The van der Waals surface area contributed by atoms with E-state index in [1.165, 1.54) is 6.07 Å². The van der Waals surface area contributed by atoms with Crippen molar-refractivity contribution < 1.29 is 4.92 Å². The number of aromatic nitrogens is 3. The summed E-state index contributed by atoms with van der Waals surface area (Å²) in [6.07, 6.45) is 0. The van der Waals surface area contributed by atoms with Gasteiger partial charge in [0.2, 0.25) is 5.16 Å². The van der Waals surface area contributed by atoms with Gasteiger partial charge >= 0.3 is 5.69 Å². The first kappa shape index (κ1) is 11.4. The summed E-state index contributed by atoms with van der Waals surface area (Å²) in [6.45, 7) is 1.75. The minimum Gasteiger partial charge on any atom is -0.393 e. The van der Waals surface area contributed by atoms with E-state index in [1.807, 2.05) is 0 Å². The molecule has 0 fully saturated rings. The normalized spacial score (nSPS) is 10.4. The quantitative estimate of drug-likeness (QED) is 0.488. The van der Waals surface area contributed by atoms with Crippen LogP contribution in [0.3, 0.4) is 0 Å². The molecule has 1 aromatic carbocycles. The number of nitrogens with two attached hydrogens (primary N) is 1. The van der Waals surface area contributed by atoms with Crippen LogP contribution in [0.2, 0.25) is 0 Å². The Hall–Kier alpha value is -2.09. The van der Waals surface area contributed by atoms with Crippen molar-refractivity contribution in [1.82, 2.24) is 15.2 Å². The summed E-state index contributed by atoms with van der Waals surface area (Å²) >= 11 is 1.10. The van der Waals surface area contributed by atoms with Crippen LogP contribution in [0.25, 0.3) is 0 Å². The third kappa shape index (κ3) is 2.36. The molecule has 0 spiro atoms. The lowest BCUT2D eigenvalue weighted by molar-refractivity contribution is -0.386. The van der Waals surface area contributed by atoms with Crippen LogP contribution in [0.4, 0.5) is 11.4 Å². The summed E-state index contributed by atoms with van der Waals surface area (Å²) in [7, 11) is 0. The largest absolute Gasteiger partial charge is 0.393 e. The molecule has 0 saturated carbocycles. The van der Waals surface area contributed by atoms with Crippen LogP contribution < -0.4 is 5.73 Å². The molecule has 3 N–H and O–H groups in total. The summed E-state index contributed by atoms with van der Waals surface area (Å²) in [5.74, 6) is 0.652. The number of rotatable bonds is 3. The molecule has 0 aliphatic rings. The fraction of sp³-hybridized carbons (Fsp3) is 0.111. The molecular formula is C9H9N5O2S. The third-order valence-electron chi connectivity index (χ3n) is 1.99. The van der Waals surface area contributed by atoms with Gasteiger partial charge in [-0.05, 0) is 30.8 Å². The van der Waals surface area contributed by atoms with Gasteiger partial charge in [-0.1, -0.05) is 6.07 Å². The van der Waals surface area contributed by atoms with Gasteiger partial charge in [-0.2, -0.15) is 0 Å². The van der Waals surface area contributed by atoms with Crippen LogP contribution in [-0.2, 0) is 0 Å². The minimum atomic E-state index is -0.503. The number of aromatic amines is 1. The van der Waals surface area contributed by atoms with Crippen molar-refractivity contribution in [3.63, 3.8) is 0 Å². The van der Waals surface area contributed by atoms with Crippen molar-refractivity contribution in [2.45, 2.75) is 17.0 Å². The Morgan fingerprint density at radius 1 is 1.53 bits per heavy atom. The number of nitrogens with zero attached hydrogens (tertiary/aromatic N) is 3. The molecule has 8 heteroatoms. The molecule has 0 bridgehead atoms. The van der Waals surface area contributed by atoms with Crippen molar-refractivity contribution >= 4 is 23.1 Å². The van der Waals surface area contributed by atoms with Gasteiger partial charge in [-0.25, -0.2) is 4.98 Å². The number of para-hydroxylation sites is 1. The Balaban J connectivity index is 2.39. The maximum absolute atomic E-state index is 10.9. The summed E-state index contributed by atoms with van der Waals surface area (Å²) < 4.78 is 0. The van der Waals surface area contributed by atoms with Crippen molar-refractivity contribution in [3.05, 3.63) is 34.1 Å². The van der Waals surface area contributed by atoms with E-state index >= 15 is 0 Å². The van der Waals surface area contributed by atoms with E-state index < -0.39 is 4.92 Å². The second-order valence-electron chi connectivity index (χ2n) is 3.26. The van der Waals surface area contributed by atoms with Gasteiger partial charge in [0.05, 0.1) is 9.82 Å². The zero-order valence-electron chi connectivity index (χ0n) is 8.88. The van der Waals surface area contributed by atoms with Crippen molar-refractivity contribution in [3.8, 4) is 0 Å². The zero-order valence-corrected chi connectivity index (χ0v) is 9.69. The number of nitro benzene ring substituents is 1. The van der Waals surface area contributed by atoms with Crippen LogP contribution in [-0.4, -0.2) is 20.1 Å². The number of hydrogen-bond donors (Lipinski definition) is 2. The average Bonchev–Trinajstić information content (AvgIpc) is 2.63. The molecule has 2 rings (SSSR count). The average molecular weight is 251 g/mol. The number of nitrogens with one attached hydrogen (secondary N) is 1. The second-order valence-corrected chi connectivity index (χ2v) is 4.27. The van der Waals surface area contributed by atoms with Gasteiger partial charge in [0.25, 0.3) is 0 Å². The van der Waals surface area contributed by atoms with E-state index in [0.29, 0.717) is 15.9 Å². The van der Waals surface area contributed by atoms with Gasteiger partial charge in [0, 0.05) is 0 Å². The molecule has 0 radical (unpaired) electrons. The highest BCUT2D eigenvalue weighted by atomic mass is 32.2. The first-order valence-corrected chi connectivity index (χ1v) is 5.49. The number of anilines is 1. The number of nitrogen functional groups attached to an aromatic ring is 1. The van der Waals surface area contributed by atoms with Crippen molar-refractivity contribution in [2.24, 2.45) is 0 Å². The second kappa shape index (κ2) is 4.42. The molecule has 2 aromatic rings. The molecule has 0 amide bonds. The van der Waals surface area contributed by atoms with Crippen LogP contribution in [0.15, 0.2) is 28.3 Å². The number of H-pyrrole nitrogens is 1. The summed E-state index contributed by atoms with van der Waals surface area (Å²) in [6, 6.07) is 4.76. The molecule has 0 saturated heterocycles. The predicted octanol–water partition coefficient (Wildman–Crippen LogP) is 1.75. The minimum absolute atomic E-state index is 0.111. The van der Waals surface area contributed by atoms with E-state index in [4.69, 9.17) is 5.73 Å². The first-order chi connectivity index (χ1) is 8.08. The standard InChI is InChI=1S/C9H9N5O2S/c1-5-11-9(13-12-5)17-7-4-2-3-6(10)8(7)14(15)16/h2-4H,10H2,1H3,(H,11,12,13).